The molecule has 0 N–H and O–H groups in total. The summed E-state index contributed by atoms with van der Waals surface area (Å²) in [5.74, 6) is 0.492. The summed E-state index contributed by atoms with van der Waals surface area (Å²) in [4.78, 5) is 18.4. The van der Waals surface area contributed by atoms with Gasteiger partial charge in [0.25, 0.3) is 5.56 Å². The number of para-hydroxylation sites is 3. The Morgan fingerprint density at radius 2 is 1.67 bits per heavy atom. The fourth-order valence-electron chi connectivity index (χ4n) is 4.94. The number of aromatic nitrogens is 3. The Kier molecular flexibility index (Phi) is 5.41. The van der Waals surface area contributed by atoms with E-state index in [1.807, 2.05) is 77.5 Å². The van der Waals surface area contributed by atoms with Gasteiger partial charge in [0.15, 0.2) is 5.76 Å². The van der Waals surface area contributed by atoms with E-state index in [0.717, 1.165) is 27.4 Å². The van der Waals surface area contributed by atoms with Crippen LogP contribution in [0.15, 0.2) is 124 Å². The van der Waals surface area contributed by atoms with E-state index in [0.29, 0.717) is 34.6 Å². The molecule has 0 spiro atoms. The van der Waals surface area contributed by atoms with Crippen LogP contribution in [-0.2, 0) is 6.54 Å². The fraction of sp³-hybridized carbons (Fsp3) is 0.0312. The molecule has 0 atom stereocenters. The van der Waals surface area contributed by atoms with Gasteiger partial charge in [-0.25, -0.2) is 9.37 Å². The number of hydrogen-bond donors (Lipinski definition) is 0. The van der Waals surface area contributed by atoms with Gasteiger partial charge in [0.1, 0.15) is 11.4 Å². The van der Waals surface area contributed by atoms with Gasteiger partial charge in [0.2, 0.25) is 5.82 Å². The summed E-state index contributed by atoms with van der Waals surface area (Å²) in [5, 5.41) is 6.97. The highest BCUT2D eigenvalue weighted by Crippen LogP contribution is 2.27. The molecule has 0 saturated carbocycles. The molecule has 0 aliphatic rings. The topological polar surface area (TPSA) is 65.3 Å². The van der Waals surface area contributed by atoms with Crippen LogP contribution in [0.5, 0.6) is 0 Å². The van der Waals surface area contributed by atoms with E-state index < -0.39 is 0 Å². The monoisotopic (exact) mass is 512 g/mol. The van der Waals surface area contributed by atoms with Gasteiger partial charge in [-0.3, -0.25) is 4.79 Å². The Labute approximate surface area is 221 Å². The second-order valence-electron chi connectivity index (χ2n) is 9.32. The summed E-state index contributed by atoms with van der Waals surface area (Å²) in [7, 11) is 0. The third kappa shape index (κ3) is 4.10. The zero-order valence-electron chi connectivity index (χ0n) is 20.7. The minimum atomic E-state index is -0.296. The third-order valence-corrected chi connectivity index (χ3v) is 6.77. The zero-order valence-corrected chi connectivity index (χ0v) is 20.7. The standard InChI is InChI=1S/C32H21FN4O2/c33-24-10-7-8-21(16-24)19-36-20-23(25-11-3-5-14-28(25)36)18-34-37-31(30-17-22-9-1-6-15-29(22)39-30)35-27-13-4-2-12-26(27)32(37)38/h1-18,20H,19H2. The first-order valence-electron chi connectivity index (χ1n) is 12.5. The quantitative estimate of drug-likeness (QED) is 0.237. The smallest absolute Gasteiger partial charge is 0.282 e. The highest BCUT2D eigenvalue weighted by atomic mass is 19.1. The van der Waals surface area contributed by atoms with Crippen molar-refractivity contribution in [2.45, 2.75) is 6.54 Å². The molecule has 39 heavy (non-hydrogen) atoms. The summed E-state index contributed by atoms with van der Waals surface area (Å²) in [6.07, 6.45) is 3.62. The Hall–Kier alpha value is -5.30. The van der Waals surface area contributed by atoms with Crippen molar-refractivity contribution < 1.29 is 8.81 Å². The molecule has 0 unspecified atom stereocenters. The lowest BCUT2D eigenvalue weighted by molar-refractivity contribution is 0.616. The minimum Gasteiger partial charge on any atom is -0.453 e. The van der Waals surface area contributed by atoms with Crippen LogP contribution in [-0.4, -0.2) is 20.4 Å². The predicted octanol–water partition coefficient (Wildman–Crippen LogP) is 6.83. The van der Waals surface area contributed by atoms with Crippen molar-refractivity contribution in [2.24, 2.45) is 5.10 Å². The van der Waals surface area contributed by atoms with Crippen LogP contribution in [0.3, 0.4) is 0 Å². The average Bonchev–Trinajstić information content (AvgIpc) is 3.54. The molecule has 7 aromatic rings. The van der Waals surface area contributed by atoms with E-state index in [1.165, 1.54) is 16.8 Å². The summed E-state index contributed by atoms with van der Waals surface area (Å²) in [6.45, 7) is 0.494. The summed E-state index contributed by atoms with van der Waals surface area (Å²) < 4.78 is 23.2. The number of nitrogens with zero attached hydrogens (tertiary/aromatic N) is 4. The van der Waals surface area contributed by atoms with Gasteiger partial charge < -0.3 is 8.98 Å². The third-order valence-electron chi connectivity index (χ3n) is 6.77. The minimum absolute atomic E-state index is 0.271. The van der Waals surface area contributed by atoms with Crippen LogP contribution >= 0.6 is 0 Å². The number of halogens is 1. The van der Waals surface area contributed by atoms with Crippen LogP contribution in [0.4, 0.5) is 4.39 Å². The van der Waals surface area contributed by atoms with Gasteiger partial charge >= 0.3 is 0 Å². The second kappa shape index (κ2) is 9.22. The Morgan fingerprint density at radius 1 is 0.872 bits per heavy atom. The lowest BCUT2D eigenvalue weighted by Gasteiger charge is -2.07. The van der Waals surface area contributed by atoms with E-state index in [1.54, 1.807) is 30.5 Å². The summed E-state index contributed by atoms with van der Waals surface area (Å²) in [6, 6.07) is 31.2. The SMILES string of the molecule is O=c1c2ccccc2nc(-c2cc3ccccc3o2)n1N=Cc1cn(Cc2cccc(F)c2)c2ccccc12. The van der Waals surface area contributed by atoms with Crippen LogP contribution in [0.2, 0.25) is 0 Å². The molecular weight excluding hydrogens is 491 g/mol. The first-order chi connectivity index (χ1) is 19.1. The molecule has 0 bridgehead atoms. The molecule has 0 aliphatic carbocycles. The van der Waals surface area contributed by atoms with Crippen molar-refractivity contribution >= 4 is 39.0 Å². The molecule has 0 fully saturated rings. The van der Waals surface area contributed by atoms with Gasteiger partial charge in [0.05, 0.1) is 17.1 Å². The molecule has 3 aromatic heterocycles. The highest BCUT2D eigenvalue weighted by Gasteiger charge is 2.17. The highest BCUT2D eigenvalue weighted by molar-refractivity contribution is 5.99. The number of hydrogen-bond acceptors (Lipinski definition) is 4. The van der Waals surface area contributed by atoms with Gasteiger partial charge in [-0.15, -0.1) is 0 Å². The van der Waals surface area contributed by atoms with E-state index in [-0.39, 0.29) is 11.4 Å². The molecule has 6 nitrogen and oxygen atoms in total. The van der Waals surface area contributed by atoms with Crippen molar-refractivity contribution in [3.05, 3.63) is 137 Å². The van der Waals surface area contributed by atoms with Crippen molar-refractivity contribution in [2.75, 3.05) is 0 Å². The molecule has 7 rings (SSSR count). The van der Waals surface area contributed by atoms with Crippen molar-refractivity contribution in [3.8, 4) is 11.6 Å². The Bertz CT molecular complexity index is 2070. The van der Waals surface area contributed by atoms with Gasteiger partial charge in [-0.2, -0.15) is 9.78 Å². The summed E-state index contributed by atoms with van der Waals surface area (Å²) in [5.41, 5.74) is 3.61. The second-order valence-corrected chi connectivity index (χ2v) is 9.32. The fourth-order valence-corrected chi connectivity index (χ4v) is 4.94. The zero-order chi connectivity index (χ0) is 26.3. The van der Waals surface area contributed by atoms with E-state index >= 15 is 0 Å². The number of fused-ring (bicyclic) bond motifs is 3. The van der Waals surface area contributed by atoms with Crippen LogP contribution in [0.1, 0.15) is 11.1 Å². The lowest BCUT2D eigenvalue weighted by Crippen LogP contribution is -2.20. The molecular formula is C32H21FN4O2. The number of benzene rings is 4. The lowest BCUT2D eigenvalue weighted by atomic mass is 10.2. The van der Waals surface area contributed by atoms with E-state index in [9.17, 15) is 9.18 Å². The van der Waals surface area contributed by atoms with Crippen LogP contribution in [0, 0.1) is 5.82 Å². The van der Waals surface area contributed by atoms with Crippen molar-refractivity contribution in [3.63, 3.8) is 0 Å². The molecule has 0 amide bonds. The maximum absolute atomic E-state index is 13.8. The number of rotatable bonds is 5. The molecule has 3 heterocycles. The Balaban J connectivity index is 1.38. The maximum Gasteiger partial charge on any atom is 0.282 e. The normalized spacial score (nSPS) is 11.8. The van der Waals surface area contributed by atoms with E-state index in [4.69, 9.17) is 9.40 Å². The molecule has 4 aromatic carbocycles. The molecule has 0 aliphatic heterocycles. The van der Waals surface area contributed by atoms with Gasteiger partial charge in [0, 0.05) is 34.6 Å². The molecule has 0 radical (unpaired) electrons. The van der Waals surface area contributed by atoms with Crippen LogP contribution < -0.4 is 5.56 Å². The van der Waals surface area contributed by atoms with Gasteiger partial charge in [-0.05, 0) is 48.0 Å². The average molecular weight is 513 g/mol. The molecule has 188 valence electrons. The van der Waals surface area contributed by atoms with Gasteiger partial charge in [-0.1, -0.05) is 60.7 Å². The first kappa shape index (κ1) is 22.9. The predicted molar refractivity (Wildman–Crippen MR) is 152 cm³/mol. The largest absolute Gasteiger partial charge is 0.453 e. The number of furan rings is 1. The van der Waals surface area contributed by atoms with Crippen molar-refractivity contribution in [1.82, 2.24) is 14.2 Å². The van der Waals surface area contributed by atoms with Crippen LogP contribution in [0.25, 0.3) is 44.4 Å². The van der Waals surface area contributed by atoms with Crippen molar-refractivity contribution in [1.29, 1.82) is 0 Å². The molecule has 0 saturated heterocycles. The summed E-state index contributed by atoms with van der Waals surface area (Å²) >= 11 is 0. The molecule has 7 heteroatoms. The Morgan fingerprint density at radius 3 is 2.54 bits per heavy atom. The first-order valence-corrected chi connectivity index (χ1v) is 12.5. The van der Waals surface area contributed by atoms with E-state index in [2.05, 4.69) is 5.10 Å². The maximum atomic E-state index is 13.8.